The highest BCUT2D eigenvalue weighted by molar-refractivity contribution is 5.42. The van der Waals surface area contributed by atoms with Crippen molar-refractivity contribution in [2.45, 2.75) is 18.9 Å². The van der Waals surface area contributed by atoms with E-state index in [9.17, 15) is 5.11 Å². The SMILES string of the molecule is COc1ccc(O)c([C@H](C2CC2)N2CCNCC2)c1. The minimum Gasteiger partial charge on any atom is -0.508 e. The molecular formula is C15H22N2O2. The van der Waals surface area contributed by atoms with Crippen molar-refractivity contribution in [3.8, 4) is 11.5 Å². The molecule has 1 aliphatic carbocycles. The molecule has 1 aromatic carbocycles. The average Bonchev–Trinajstić information content (AvgIpc) is 3.27. The van der Waals surface area contributed by atoms with Gasteiger partial charge in [-0.25, -0.2) is 0 Å². The normalized spacial score (nSPS) is 22.2. The van der Waals surface area contributed by atoms with Crippen molar-refractivity contribution < 1.29 is 9.84 Å². The van der Waals surface area contributed by atoms with Crippen LogP contribution in [0.4, 0.5) is 0 Å². The van der Waals surface area contributed by atoms with Crippen LogP contribution in [0.1, 0.15) is 24.4 Å². The summed E-state index contributed by atoms with van der Waals surface area (Å²) in [7, 11) is 1.67. The maximum atomic E-state index is 10.2. The van der Waals surface area contributed by atoms with E-state index in [4.69, 9.17) is 4.74 Å². The third-order valence-corrected chi connectivity index (χ3v) is 4.17. The Balaban J connectivity index is 1.90. The number of benzene rings is 1. The average molecular weight is 262 g/mol. The third-order valence-electron chi connectivity index (χ3n) is 4.17. The third kappa shape index (κ3) is 2.69. The van der Waals surface area contributed by atoms with Gasteiger partial charge in [-0.1, -0.05) is 0 Å². The first-order valence-electron chi connectivity index (χ1n) is 7.11. The maximum Gasteiger partial charge on any atom is 0.120 e. The predicted molar refractivity (Wildman–Crippen MR) is 74.6 cm³/mol. The number of rotatable bonds is 4. The zero-order valence-corrected chi connectivity index (χ0v) is 11.4. The number of nitrogens with one attached hydrogen (secondary N) is 1. The van der Waals surface area contributed by atoms with Crippen LogP contribution >= 0.6 is 0 Å². The molecule has 0 aromatic heterocycles. The number of methoxy groups -OCH3 is 1. The summed E-state index contributed by atoms with van der Waals surface area (Å²) < 4.78 is 5.31. The summed E-state index contributed by atoms with van der Waals surface area (Å²) in [6.45, 7) is 4.18. The van der Waals surface area contributed by atoms with Crippen LogP contribution in [0.15, 0.2) is 18.2 Å². The molecule has 0 unspecified atom stereocenters. The van der Waals surface area contributed by atoms with Gasteiger partial charge in [-0.3, -0.25) is 4.90 Å². The zero-order valence-electron chi connectivity index (χ0n) is 11.4. The van der Waals surface area contributed by atoms with E-state index in [1.807, 2.05) is 12.1 Å². The standard InChI is InChI=1S/C15H22N2O2/c1-19-12-4-5-14(18)13(10-12)15(11-2-3-11)17-8-6-16-7-9-17/h4-5,10-11,15-16,18H,2-3,6-9H2,1H3/t15-/m0/s1. The van der Waals surface area contributed by atoms with E-state index in [1.165, 1.54) is 12.8 Å². The Morgan fingerprint density at radius 2 is 2.05 bits per heavy atom. The second-order valence-electron chi connectivity index (χ2n) is 5.49. The van der Waals surface area contributed by atoms with Gasteiger partial charge in [0.05, 0.1) is 7.11 Å². The number of phenolic OH excluding ortho intramolecular Hbond substituents is 1. The summed E-state index contributed by atoms with van der Waals surface area (Å²) in [4.78, 5) is 2.50. The molecular weight excluding hydrogens is 240 g/mol. The maximum absolute atomic E-state index is 10.2. The van der Waals surface area contributed by atoms with Crippen molar-refractivity contribution >= 4 is 0 Å². The minimum absolute atomic E-state index is 0.345. The molecule has 1 atom stereocenters. The lowest BCUT2D eigenvalue weighted by Crippen LogP contribution is -2.45. The molecule has 4 nitrogen and oxygen atoms in total. The van der Waals surface area contributed by atoms with E-state index in [0.717, 1.165) is 37.5 Å². The van der Waals surface area contributed by atoms with Gasteiger partial charge in [0.1, 0.15) is 11.5 Å². The quantitative estimate of drug-likeness (QED) is 0.868. The van der Waals surface area contributed by atoms with Crippen LogP contribution in [-0.2, 0) is 0 Å². The van der Waals surface area contributed by atoms with Crippen molar-refractivity contribution in [2.75, 3.05) is 33.3 Å². The smallest absolute Gasteiger partial charge is 0.120 e. The number of hydrogen-bond acceptors (Lipinski definition) is 4. The minimum atomic E-state index is 0.345. The Labute approximate surface area is 114 Å². The first-order valence-corrected chi connectivity index (χ1v) is 7.11. The molecule has 0 bridgehead atoms. The van der Waals surface area contributed by atoms with Gasteiger partial charge in [-0.05, 0) is 37.0 Å². The van der Waals surface area contributed by atoms with E-state index in [1.54, 1.807) is 13.2 Å². The molecule has 19 heavy (non-hydrogen) atoms. The Bertz CT molecular complexity index is 440. The summed E-state index contributed by atoms with van der Waals surface area (Å²) >= 11 is 0. The number of ether oxygens (including phenoxy) is 1. The summed E-state index contributed by atoms with van der Waals surface area (Å²) in [6.07, 6.45) is 2.54. The van der Waals surface area contributed by atoms with Crippen LogP contribution in [0.2, 0.25) is 0 Å². The molecule has 4 heteroatoms. The van der Waals surface area contributed by atoms with Crippen molar-refractivity contribution in [2.24, 2.45) is 5.92 Å². The van der Waals surface area contributed by atoms with E-state index in [-0.39, 0.29) is 0 Å². The lowest BCUT2D eigenvalue weighted by molar-refractivity contribution is 0.153. The van der Waals surface area contributed by atoms with Crippen molar-refractivity contribution in [1.82, 2.24) is 10.2 Å². The number of hydrogen-bond donors (Lipinski definition) is 2. The number of piperazine rings is 1. The van der Waals surface area contributed by atoms with Crippen molar-refractivity contribution in [1.29, 1.82) is 0 Å². The summed E-state index contributed by atoms with van der Waals surface area (Å²) in [5, 5.41) is 13.6. The molecule has 0 radical (unpaired) electrons. The fraction of sp³-hybridized carbons (Fsp3) is 0.600. The van der Waals surface area contributed by atoms with Gasteiger partial charge >= 0.3 is 0 Å². The lowest BCUT2D eigenvalue weighted by atomic mass is 9.98. The molecule has 1 aliphatic heterocycles. The Hall–Kier alpha value is -1.26. The predicted octanol–water partition coefficient (Wildman–Crippen LogP) is 1.76. The van der Waals surface area contributed by atoms with Gasteiger partial charge in [0, 0.05) is 37.8 Å². The van der Waals surface area contributed by atoms with E-state index >= 15 is 0 Å². The van der Waals surface area contributed by atoms with Gasteiger partial charge < -0.3 is 15.2 Å². The molecule has 104 valence electrons. The largest absolute Gasteiger partial charge is 0.508 e. The molecule has 1 saturated carbocycles. The molecule has 2 N–H and O–H groups in total. The van der Waals surface area contributed by atoms with E-state index in [0.29, 0.717) is 17.7 Å². The topological polar surface area (TPSA) is 44.7 Å². The van der Waals surface area contributed by atoms with E-state index < -0.39 is 0 Å². The van der Waals surface area contributed by atoms with Gasteiger partial charge in [-0.15, -0.1) is 0 Å². The second-order valence-corrected chi connectivity index (χ2v) is 5.49. The van der Waals surface area contributed by atoms with Crippen LogP contribution in [0.5, 0.6) is 11.5 Å². The summed E-state index contributed by atoms with van der Waals surface area (Å²) in [5.74, 6) is 1.92. The molecule has 0 amide bonds. The first-order chi connectivity index (χ1) is 9.29. The van der Waals surface area contributed by atoms with Gasteiger partial charge in [-0.2, -0.15) is 0 Å². The van der Waals surface area contributed by atoms with Crippen LogP contribution in [0.25, 0.3) is 0 Å². The molecule has 3 rings (SSSR count). The number of aromatic hydroxyl groups is 1. The van der Waals surface area contributed by atoms with E-state index in [2.05, 4.69) is 10.2 Å². The molecule has 2 aliphatic rings. The lowest BCUT2D eigenvalue weighted by Gasteiger charge is -2.35. The highest BCUT2D eigenvalue weighted by Crippen LogP contribution is 2.47. The summed E-state index contributed by atoms with van der Waals surface area (Å²) in [5.41, 5.74) is 1.03. The van der Waals surface area contributed by atoms with Gasteiger partial charge in [0.25, 0.3) is 0 Å². The molecule has 1 aromatic rings. The monoisotopic (exact) mass is 262 g/mol. The fourth-order valence-corrected chi connectivity index (χ4v) is 3.02. The van der Waals surface area contributed by atoms with Crippen LogP contribution in [0, 0.1) is 5.92 Å². The highest BCUT2D eigenvalue weighted by Gasteiger charge is 2.38. The Morgan fingerprint density at radius 3 is 2.68 bits per heavy atom. The van der Waals surface area contributed by atoms with Crippen molar-refractivity contribution in [3.63, 3.8) is 0 Å². The summed E-state index contributed by atoms with van der Waals surface area (Å²) in [6, 6.07) is 5.92. The van der Waals surface area contributed by atoms with Crippen molar-refractivity contribution in [3.05, 3.63) is 23.8 Å². The first kappa shape index (κ1) is 12.8. The molecule has 1 heterocycles. The molecule has 1 saturated heterocycles. The van der Waals surface area contributed by atoms with Crippen LogP contribution in [-0.4, -0.2) is 43.3 Å². The number of phenols is 1. The number of nitrogens with zero attached hydrogens (tertiary/aromatic N) is 1. The molecule has 0 spiro atoms. The van der Waals surface area contributed by atoms with Crippen LogP contribution < -0.4 is 10.1 Å². The second kappa shape index (κ2) is 5.39. The highest BCUT2D eigenvalue weighted by atomic mass is 16.5. The fourth-order valence-electron chi connectivity index (χ4n) is 3.02. The Morgan fingerprint density at radius 1 is 1.32 bits per heavy atom. The van der Waals surface area contributed by atoms with Gasteiger partial charge in [0.15, 0.2) is 0 Å². The van der Waals surface area contributed by atoms with Gasteiger partial charge in [0.2, 0.25) is 0 Å². The zero-order chi connectivity index (χ0) is 13.2. The Kier molecular flexibility index (Phi) is 3.62. The molecule has 2 fully saturated rings. The van der Waals surface area contributed by atoms with Crippen LogP contribution in [0.3, 0.4) is 0 Å².